The van der Waals surface area contributed by atoms with Crippen molar-refractivity contribution in [1.82, 2.24) is 10.2 Å². The van der Waals surface area contributed by atoms with Gasteiger partial charge in [-0.2, -0.15) is 0 Å². The largest absolute Gasteiger partial charge is 0.381 e. The van der Waals surface area contributed by atoms with Crippen molar-refractivity contribution in [2.24, 2.45) is 5.92 Å². The molecule has 2 aliphatic rings. The number of hydrogen-bond donors (Lipinski definition) is 1. The summed E-state index contributed by atoms with van der Waals surface area (Å²) in [6, 6.07) is 1.46. The Kier molecular flexibility index (Phi) is 6.62. The van der Waals surface area contributed by atoms with Crippen molar-refractivity contribution in [1.29, 1.82) is 0 Å². The molecule has 3 heteroatoms. The highest BCUT2D eigenvalue weighted by molar-refractivity contribution is 4.86. The maximum absolute atomic E-state index is 5.59. The van der Waals surface area contributed by atoms with Crippen LogP contribution in [0.3, 0.4) is 0 Å². The summed E-state index contributed by atoms with van der Waals surface area (Å²) in [5.41, 5.74) is 0. The van der Waals surface area contributed by atoms with Crippen molar-refractivity contribution in [3.63, 3.8) is 0 Å². The fourth-order valence-electron chi connectivity index (χ4n) is 3.73. The van der Waals surface area contributed by atoms with E-state index in [9.17, 15) is 0 Å². The van der Waals surface area contributed by atoms with Crippen LogP contribution in [0.5, 0.6) is 0 Å². The predicted octanol–water partition coefficient (Wildman–Crippen LogP) is 2.66. The Hall–Kier alpha value is -0.120. The van der Waals surface area contributed by atoms with Gasteiger partial charge in [-0.15, -0.1) is 0 Å². The number of likely N-dealkylation sites (N-methyl/N-ethyl adjacent to an activating group) is 1. The highest BCUT2D eigenvalue weighted by Crippen LogP contribution is 2.24. The third-order valence-corrected chi connectivity index (χ3v) is 4.80. The van der Waals surface area contributed by atoms with Crippen LogP contribution in [-0.4, -0.2) is 49.8 Å². The normalized spacial score (nSPS) is 30.6. The molecule has 2 aliphatic heterocycles. The Balaban J connectivity index is 1.89. The van der Waals surface area contributed by atoms with E-state index in [-0.39, 0.29) is 0 Å². The van der Waals surface area contributed by atoms with Gasteiger partial charge in [-0.25, -0.2) is 0 Å². The van der Waals surface area contributed by atoms with Gasteiger partial charge in [0.1, 0.15) is 0 Å². The molecule has 0 aliphatic carbocycles. The minimum Gasteiger partial charge on any atom is -0.381 e. The van der Waals surface area contributed by atoms with Gasteiger partial charge in [-0.3, -0.25) is 4.90 Å². The predicted molar refractivity (Wildman–Crippen MR) is 80.5 cm³/mol. The second-order valence-electron chi connectivity index (χ2n) is 6.22. The summed E-state index contributed by atoms with van der Waals surface area (Å²) >= 11 is 0. The second kappa shape index (κ2) is 8.23. The first kappa shape index (κ1) is 15.3. The minimum atomic E-state index is 0.630. The van der Waals surface area contributed by atoms with Crippen LogP contribution in [0.15, 0.2) is 0 Å². The zero-order valence-electron chi connectivity index (χ0n) is 12.9. The molecule has 0 amide bonds. The third kappa shape index (κ3) is 4.44. The molecule has 2 heterocycles. The Labute approximate surface area is 119 Å². The molecular formula is C16H32N2O. The zero-order chi connectivity index (χ0) is 13.5. The lowest BCUT2D eigenvalue weighted by Crippen LogP contribution is -2.50. The van der Waals surface area contributed by atoms with Gasteiger partial charge >= 0.3 is 0 Å². The monoisotopic (exact) mass is 268 g/mol. The molecule has 112 valence electrons. The van der Waals surface area contributed by atoms with Crippen molar-refractivity contribution in [3.05, 3.63) is 0 Å². The average Bonchev–Trinajstić information content (AvgIpc) is 2.94. The molecule has 0 aromatic rings. The van der Waals surface area contributed by atoms with E-state index in [0.717, 1.165) is 31.7 Å². The average molecular weight is 268 g/mol. The summed E-state index contributed by atoms with van der Waals surface area (Å²) in [4.78, 5) is 2.76. The second-order valence-corrected chi connectivity index (χ2v) is 6.22. The molecule has 0 saturated carbocycles. The van der Waals surface area contributed by atoms with E-state index in [1.165, 1.54) is 51.6 Å². The molecule has 2 rings (SSSR count). The van der Waals surface area contributed by atoms with E-state index in [1.807, 2.05) is 0 Å². The minimum absolute atomic E-state index is 0.630. The van der Waals surface area contributed by atoms with Crippen LogP contribution in [0.25, 0.3) is 0 Å². The molecule has 1 N–H and O–H groups in total. The number of piperidine rings is 1. The Morgan fingerprint density at radius 1 is 1.26 bits per heavy atom. The summed E-state index contributed by atoms with van der Waals surface area (Å²) in [7, 11) is 0. The van der Waals surface area contributed by atoms with Gasteiger partial charge in [0.15, 0.2) is 0 Å². The van der Waals surface area contributed by atoms with Gasteiger partial charge in [-0.1, -0.05) is 26.7 Å². The van der Waals surface area contributed by atoms with E-state index >= 15 is 0 Å². The van der Waals surface area contributed by atoms with Crippen LogP contribution >= 0.6 is 0 Å². The fourth-order valence-corrected chi connectivity index (χ4v) is 3.73. The highest BCUT2D eigenvalue weighted by Gasteiger charge is 2.30. The van der Waals surface area contributed by atoms with Crippen molar-refractivity contribution in [2.75, 3.05) is 32.8 Å². The van der Waals surface area contributed by atoms with Crippen molar-refractivity contribution < 1.29 is 4.74 Å². The SMILES string of the molecule is CCCC1CCCCN1CC(NCC)C1CCOC1. The zero-order valence-corrected chi connectivity index (χ0v) is 12.9. The molecule has 3 unspecified atom stereocenters. The molecule has 19 heavy (non-hydrogen) atoms. The van der Waals surface area contributed by atoms with Crippen LogP contribution in [0.1, 0.15) is 52.4 Å². The number of nitrogens with zero attached hydrogens (tertiary/aromatic N) is 1. The third-order valence-electron chi connectivity index (χ3n) is 4.80. The van der Waals surface area contributed by atoms with E-state index in [4.69, 9.17) is 4.74 Å². The van der Waals surface area contributed by atoms with Gasteiger partial charge in [0, 0.05) is 31.2 Å². The van der Waals surface area contributed by atoms with E-state index in [1.54, 1.807) is 0 Å². The fraction of sp³-hybridized carbons (Fsp3) is 1.00. The maximum Gasteiger partial charge on any atom is 0.0510 e. The molecule has 0 bridgehead atoms. The molecule has 2 saturated heterocycles. The highest BCUT2D eigenvalue weighted by atomic mass is 16.5. The van der Waals surface area contributed by atoms with Gasteiger partial charge in [0.2, 0.25) is 0 Å². The number of rotatable bonds is 7. The first-order valence-electron chi connectivity index (χ1n) is 8.40. The molecule has 3 atom stereocenters. The number of hydrogen-bond acceptors (Lipinski definition) is 3. The van der Waals surface area contributed by atoms with Gasteiger partial charge in [0.25, 0.3) is 0 Å². The lowest BCUT2D eigenvalue weighted by molar-refractivity contribution is 0.106. The lowest BCUT2D eigenvalue weighted by atomic mass is 9.94. The van der Waals surface area contributed by atoms with E-state index in [0.29, 0.717) is 6.04 Å². The van der Waals surface area contributed by atoms with Crippen LogP contribution in [-0.2, 0) is 4.74 Å². The summed E-state index contributed by atoms with van der Waals surface area (Å²) in [6.45, 7) is 10.1. The molecule has 2 fully saturated rings. The van der Waals surface area contributed by atoms with Crippen LogP contribution in [0, 0.1) is 5.92 Å². The summed E-state index contributed by atoms with van der Waals surface area (Å²) in [6.07, 6.45) is 8.16. The van der Waals surface area contributed by atoms with Crippen LogP contribution in [0.4, 0.5) is 0 Å². The molecule has 0 aromatic heterocycles. The van der Waals surface area contributed by atoms with Crippen molar-refractivity contribution >= 4 is 0 Å². The van der Waals surface area contributed by atoms with Gasteiger partial charge in [0.05, 0.1) is 6.61 Å². The standard InChI is InChI=1S/C16H32N2O/c1-3-7-15-8-5-6-10-18(15)12-16(17-4-2)14-9-11-19-13-14/h14-17H,3-13H2,1-2H3. The first-order valence-corrected chi connectivity index (χ1v) is 8.40. The quantitative estimate of drug-likeness (QED) is 0.768. The Morgan fingerprint density at radius 3 is 2.84 bits per heavy atom. The smallest absolute Gasteiger partial charge is 0.0510 e. The number of likely N-dealkylation sites (tertiary alicyclic amines) is 1. The Morgan fingerprint density at radius 2 is 2.16 bits per heavy atom. The maximum atomic E-state index is 5.59. The van der Waals surface area contributed by atoms with Crippen molar-refractivity contribution in [3.8, 4) is 0 Å². The molecule has 0 radical (unpaired) electrons. The molecular weight excluding hydrogens is 236 g/mol. The van der Waals surface area contributed by atoms with Gasteiger partial charge < -0.3 is 10.1 Å². The topological polar surface area (TPSA) is 24.5 Å². The number of ether oxygens (including phenoxy) is 1. The first-order chi connectivity index (χ1) is 9.35. The van der Waals surface area contributed by atoms with E-state index < -0.39 is 0 Å². The summed E-state index contributed by atoms with van der Waals surface area (Å²) < 4.78 is 5.59. The molecule has 0 aromatic carbocycles. The summed E-state index contributed by atoms with van der Waals surface area (Å²) in [5.74, 6) is 0.726. The van der Waals surface area contributed by atoms with Crippen LogP contribution in [0.2, 0.25) is 0 Å². The Bertz CT molecular complexity index is 239. The summed E-state index contributed by atoms with van der Waals surface area (Å²) in [5, 5.41) is 3.71. The molecule has 0 spiro atoms. The van der Waals surface area contributed by atoms with Crippen LogP contribution < -0.4 is 5.32 Å². The molecule has 3 nitrogen and oxygen atoms in total. The van der Waals surface area contributed by atoms with Gasteiger partial charge in [-0.05, 0) is 38.8 Å². The number of nitrogens with one attached hydrogen (secondary N) is 1. The lowest BCUT2D eigenvalue weighted by Gasteiger charge is -2.39. The van der Waals surface area contributed by atoms with Crippen molar-refractivity contribution in [2.45, 2.75) is 64.5 Å². The van der Waals surface area contributed by atoms with E-state index in [2.05, 4.69) is 24.1 Å².